The third-order valence-electron chi connectivity index (χ3n) is 2.08. The van der Waals surface area contributed by atoms with Gasteiger partial charge in [-0.25, -0.2) is 0 Å². The molecule has 0 aliphatic carbocycles. The molecule has 58 valence electrons. The number of aliphatic hydroxyl groups is 1. The van der Waals surface area contributed by atoms with E-state index in [4.69, 9.17) is 5.11 Å². The van der Waals surface area contributed by atoms with Gasteiger partial charge < -0.3 is 10.4 Å². The molecule has 1 unspecified atom stereocenters. The Balaban J connectivity index is 2.67. The Hall–Kier alpha value is -0.570. The highest BCUT2D eigenvalue weighted by Crippen LogP contribution is 2.29. The van der Waals surface area contributed by atoms with Crippen molar-refractivity contribution in [2.75, 3.05) is 6.61 Å². The van der Waals surface area contributed by atoms with Crippen LogP contribution in [0.25, 0.3) is 0 Å². The summed E-state index contributed by atoms with van der Waals surface area (Å²) in [5, 5.41) is 11.5. The number of amides is 1. The predicted molar refractivity (Wildman–Crippen MR) is 37.4 cm³/mol. The van der Waals surface area contributed by atoms with Gasteiger partial charge in [0.05, 0.1) is 12.6 Å². The minimum Gasteiger partial charge on any atom is -0.394 e. The zero-order chi connectivity index (χ0) is 7.78. The van der Waals surface area contributed by atoms with Gasteiger partial charge in [-0.1, -0.05) is 13.8 Å². The number of hydrogen-bond acceptors (Lipinski definition) is 2. The van der Waals surface area contributed by atoms with Gasteiger partial charge in [0.2, 0.25) is 5.91 Å². The van der Waals surface area contributed by atoms with Gasteiger partial charge in [0, 0.05) is 6.42 Å². The monoisotopic (exact) mass is 143 g/mol. The van der Waals surface area contributed by atoms with Gasteiger partial charge in [-0.2, -0.15) is 0 Å². The van der Waals surface area contributed by atoms with E-state index < -0.39 is 0 Å². The van der Waals surface area contributed by atoms with Gasteiger partial charge in [-0.3, -0.25) is 4.79 Å². The molecule has 0 saturated carbocycles. The van der Waals surface area contributed by atoms with Crippen molar-refractivity contribution in [3.8, 4) is 0 Å². The molecule has 1 aliphatic heterocycles. The summed E-state index contributed by atoms with van der Waals surface area (Å²) in [6, 6.07) is -0.0556. The molecule has 0 spiro atoms. The summed E-state index contributed by atoms with van der Waals surface area (Å²) in [7, 11) is 0. The van der Waals surface area contributed by atoms with E-state index in [0.717, 1.165) is 0 Å². The summed E-state index contributed by atoms with van der Waals surface area (Å²) in [5.74, 6) is 0.0454. The largest absolute Gasteiger partial charge is 0.394 e. The first kappa shape index (κ1) is 7.54. The third-order valence-corrected chi connectivity index (χ3v) is 2.08. The van der Waals surface area contributed by atoms with E-state index in [9.17, 15) is 4.79 Å². The quantitative estimate of drug-likeness (QED) is 0.538. The number of nitrogens with one attached hydrogen (secondary N) is 1. The van der Waals surface area contributed by atoms with E-state index in [0.29, 0.717) is 6.42 Å². The van der Waals surface area contributed by atoms with E-state index in [-0.39, 0.29) is 24.0 Å². The SMILES string of the molecule is CC1(C)CC(=O)NC1CO. The molecule has 3 heteroatoms. The van der Waals surface area contributed by atoms with Crippen molar-refractivity contribution < 1.29 is 9.90 Å². The van der Waals surface area contributed by atoms with E-state index in [1.54, 1.807) is 0 Å². The molecule has 1 saturated heterocycles. The Morgan fingerprint density at radius 1 is 1.80 bits per heavy atom. The molecule has 0 bridgehead atoms. The molecule has 0 aromatic rings. The third kappa shape index (κ3) is 1.14. The molecule has 0 aromatic heterocycles. The van der Waals surface area contributed by atoms with Crippen molar-refractivity contribution in [3.63, 3.8) is 0 Å². The van der Waals surface area contributed by atoms with Crippen molar-refractivity contribution in [1.29, 1.82) is 0 Å². The fourth-order valence-corrected chi connectivity index (χ4v) is 1.27. The van der Waals surface area contributed by atoms with Gasteiger partial charge >= 0.3 is 0 Å². The molecule has 1 rings (SSSR count). The maximum Gasteiger partial charge on any atom is 0.220 e. The van der Waals surface area contributed by atoms with Gasteiger partial charge in [0.25, 0.3) is 0 Å². The predicted octanol–water partition coefficient (Wildman–Crippen LogP) is -0.107. The summed E-state index contributed by atoms with van der Waals surface area (Å²) in [4.78, 5) is 10.8. The molecule has 1 amide bonds. The lowest BCUT2D eigenvalue weighted by Crippen LogP contribution is -2.36. The van der Waals surface area contributed by atoms with Crippen molar-refractivity contribution >= 4 is 5.91 Å². The van der Waals surface area contributed by atoms with Crippen LogP contribution in [0.1, 0.15) is 20.3 Å². The lowest BCUT2D eigenvalue weighted by atomic mass is 9.85. The standard InChI is InChI=1S/C7H13NO2/c1-7(2)3-6(10)8-5(7)4-9/h5,9H,3-4H2,1-2H3,(H,8,10). The highest BCUT2D eigenvalue weighted by atomic mass is 16.3. The maximum absolute atomic E-state index is 10.8. The Kier molecular flexibility index (Phi) is 1.68. The smallest absolute Gasteiger partial charge is 0.220 e. The van der Waals surface area contributed by atoms with Crippen molar-refractivity contribution in [2.45, 2.75) is 26.3 Å². The van der Waals surface area contributed by atoms with Crippen molar-refractivity contribution in [1.82, 2.24) is 5.32 Å². The Morgan fingerprint density at radius 2 is 2.40 bits per heavy atom. The lowest BCUT2D eigenvalue weighted by molar-refractivity contribution is -0.119. The van der Waals surface area contributed by atoms with Crippen LogP contribution in [0, 0.1) is 5.41 Å². The molecule has 1 aliphatic rings. The molecule has 0 radical (unpaired) electrons. The van der Waals surface area contributed by atoms with E-state index in [1.807, 2.05) is 13.8 Å². The molecule has 1 fully saturated rings. The van der Waals surface area contributed by atoms with Gasteiger partial charge in [0.1, 0.15) is 0 Å². The number of rotatable bonds is 1. The van der Waals surface area contributed by atoms with Crippen LogP contribution in [0.5, 0.6) is 0 Å². The Labute approximate surface area is 60.4 Å². The molecule has 2 N–H and O–H groups in total. The second kappa shape index (κ2) is 2.23. The van der Waals surface area contributed by atoms with Gasteiger partial charge in [-0.05, 0) is 5.41 Å². The minimum absolute atomic E-state index is 0.0404. The number of carbonyl (C=O) groups excluding carboxylic acids is 1. The van der Waals surface area contributed by atoms with Crippen LogP contribution in [0.3, 0.4) is 0 Å². The molecule has 10 heavy (non-hydrogen) atoms. The highest BCUT2D eigenvalue weighted by molar-refractivity contribution is 5.79. The zero-order valence-electron chi connectivity index (χ0n) is 6.35. The second-order valence-corrected chi connectivity index (χ2v) is 3.47. The Bertz CT molecular complexity index is 154. The van der Waals surface area contributed by atoms with Crippen molar-refractivity contribution in [2.24, 2.45) is 5.41 Å². The van der Waals surface area contributed by atoms with Crippen LogP contribution < -0.4 is 5.32 Å². The second-order valence-electron chi connectivity index (χ2n) is 3.47. The fourth-order valence-electron chi connectivity index (χ4n) is 1.27. The summed E-state index contributed by atoms with van der Waals surface area (Å²) in [5.41, 5.74) is -0.0775. The number of aliphatic hydroxyl groups excluding tert-OH is 1. The summed E-state index contributed by atoms with van der Waals surface area (Å²) < 4.78 is 0. The van der Waals surface area contributed by atoms with Crippen LogP contribution in [-0.4, -0.2) is 23.7 Å². The first-order chi connectivity index (χ1) is 4.56. The van der Waals surface area contributed by atoms with E-state index in [1.165, 1.54) is 0 Å². The summed E-state index contributed by atoms with van der Waals surface area (Å²) in [6.45, 7) is 4.00. The van der Waals surface area contributed by atoms with Gasteiger partial charge in [0.15, 0.2) is 0 Å². The van der Waals surface area contributed by atoms with Crippen LogP contribution in [0.15, 0.2) is 0 Å². The van der Waals surface area contributed by atoms with Gasteiger partial charge in [-0.15, -0.1) is 0 Å². The fraction of sp³-hybridized carbons (Fsp3) is 0.857. The summed E-state index contributed by atoms with van der Waals surface area (Å²) in [6.07, 6.45) is 0.526. The molecule has 1 atom stereocenters. The van der Waals surface area contributed by atoms with Crippen molar-refractivity contribution in [3.05, 3.63) is 0 Å². The average molecular weight is 143 g/mol. The number of carbonyl (C=O) groups is 1. The Morgan fingerprint density at radius 3 is 2.60 bits per heavy atom. The molecule has 0 aromatic carbocycles. The van der Waals surface area contributed by atoms with E-state index >= 15 is 0 Å². The summed E-state index contributed by atoms with van der Waals surface area (Å²) >= 11 is 0. The normalized spacial score (nSPS) is 30.3. The van der Waals surface area contributed by atoms with E-state index in [2.05, 4.69) is 5.32 Å². The molecular formula is C7H13NO2. The topological polar surface area (TPSA) is 49.3 Å². The molecule has 3 nitrogen and oxygen atoms in total. The van der Waals surface area contributed by atoms with Crippen LogP contribution in [0.2, 0.25) is 0 Å². The van der Waals surface area contributed by atoms with Crippen LogP contribution in [0.4, 0.5) is 0 Å². The molecular weight excluding hydrogens is 130 g/mol. The average Bonchev–Trinajstić information content (AvgIpc) is 2.04. The van der Waals surface area contributed by atoms with Crippen LogP contribution in [-0.2, 0) is 4.79 Å². The highest BCUT2D eigenvalue weighted by Gasteiger charge is 2.38. The first-order valence-corrected chi connectivity index (χ1v) is 3.46. The number of hydrogen-bond donors (Lipinski definition) is 2. The zero-order valence-corrected chi connectivity index (χ0v) is 6.35. The lowest BCUT2D eigenvalue weighted by Gasteiger charge is -2.22. The minimum atomic E-state index is -0.0775. The van der Waals surface area contributed by atoms with Crippen LogP contribution >= 0.6 is 0 Å². The first-order valence-electron chi connectivity index (χ1n) is 3.46. The molecule has 1 heterocycles. The maximum atomic E-state index is 10.8.